The standard InChI is InChI=1S/C28H48O7P2/c1-8-16-32-36(30,33-17-9-2)26(37(31,34-18-10-3)35-19-11-4)21-22-20-25(28(5,6)7)27(29)24-15-13-12-14-23(22)24/h20-21,29H,8-19H2,1-7H3. The van der Waals surface area contributed by atoms with Crippen LogP contribution in [0.2, 0.25) is 0 Å². The molecule has 0 unspecified atom stereocenters. The summed E-state index contributed by atoms with van der Waals surface area (Å²) in [4.78, 5) is 0. The summed E-state index contributed by atoms with van der Waals surface area (Å²) in [7, 11) is -8.10. The van der Waals surface area contributed by atoms with Gasteiger partial charge in [-0.15, -0.1) is 0 Å². The summed E-state index contributed by atoms with van der Waals surface area (Å²) in [5.41, 5.74) is 3.09. The minimum absolute atomic E-state index is 0.0536. The lowest BCUT2D eigenvalue weighted by atomic mass is 9.79. The van der Waals surface area contributed by atoms with Gasteiger partial charge >= 0.3 is 15.2 Å². The number of phenolic OH excluding ortho intramolecular Hbond substituents is 1. The molecule has 1 N–H and O–H groups in total. The van der Waals surface area contributed by atoms with Crippen LogP contribution in [0, 0.1) is 0 Å². The molecular formula is C28H48O7P2. The molecule has 9 heteroatoms. The molecule has 1 aromatic carbocycles. The van der Waals surface area contributed by atoms with Gasteiger partial charge in [-0.1, -0.05) is 48.5 Å². The largest absolute Gasteiger partial charge is 0.507 e. The van der Waals surface area contributed by atoms with Gasteiger partial charge in [-0.2, -0.15) is 0 Å². The third-order valence-corrected chi connectivity index (χ3v) is 11.1. The SMILES string of the molecule is CCCOP(=O)(OCCC)C(=Cc1cc(C(C)(C)C)c(O)c2c1CCCC2)P(=O)(OCCC)OCCC. The minimum atomic E-state index is -4.05. The molecule has 212 valence electrons. The predicted octanol–water partition coefficient (Wildman–Crippen LogP) is 8.96. The summed E-state index contributed by atoms with van der Waals surface area (Å²) in [6.45, 7) is 14.5. The lowest BCUT2D eigenvalue weighted by Crippen LogP contribution is -2.16. The molecule has 0 bridgehead atoms. The number of phenols is 1. The molecule has 0 aliphatic heterocycles. The lowest BCUT2D eigenvalue weighted by molar-refractivity contribution is 0.199. The smallest absolute Gasteiger partial charge is 0.369 e. The molecule has 0 fully saturated rings. The van der Waals surface area contributed by atoms with E-state index in [9.17, 15) is 14.2 Å². The van der Waals surface area contributed by atoms with Crippen LogP contribution in [0.3, 0.4) is 0 Å². The molecule has 0 amide bonds. The van der Waals surface area contributed by atoms with Gasteiger partial charge in [0.1, 0.15) is 5.75 Å². The van der Waals surface area contributed by atoms with Crippen molar-refractivity contribution in [3.63, 3.8) is 0 Å². The molecule has 0 saturated carbocycles. The van der Waals surface area contributed by atoms with E-state index >= 15 is 0 Å². The van der Waals surface area contributed by atoms with Gasteiger partial charge in [0.05, 0.1) is 26.4 Å². The molecule has 0 saturated heterocycles. The van der Waals surface area contributed by atoms with Crippen LogP contribution in [0.4, 0.5) is 0 Å². The first kappa shape index (κ1) is 32.3. The number of benzene rings is 1. The quantitative estimate of drug-likeness (QED) is 0.215. The van der Waals surface area contributed by atoms with Gasteiger partial charge in [0, 0.05) is 5.56 Å². The second kappa shape index (κ2) is 14.4. The van der Waals surface area contributed by atoms with Crippen molar-refractivity contribution in [3.8, 4) is 5.75 Å². The number of hydrogen-bond donors (Lipinski definition) is 1. The zero-order valence-corrected chi connectivity index (χ0v) is 25.7. The van der Waals surface area contributed by atoms with Crippen molar-refractivity contribution in [2.75, 3.05) is 26.4 Å². The van der Waals surface area contributed by atoms with Crippen molar-refractivity contribution in [1.29, 1.82) is 0 Å². The molecule has 37 heavy (non-hydrogen) atoms. The van der Waals surface area contributed by atoms with E-state index in [0.29, 0.717) is 31.4 Å². The van der Waals surface area contributed by atoms with Crippen LogP contribution in [0.5, 0.6) is 5.75 Å². The maximum atomic E-state index is 14.4. The Labute approximate surface area is 224 Å². The molecule has 1 aliphatic carbocycles. The van der Waals surface area contributed by atoms with Crippen molar-refractivity contribution >= 4 is 21.3 Å². The second-order valence-corrected chi connectivity index (χ2v) is 14.9. The third-order valence-electron chi connectivity index (χ3n) is 6.17. The molecule has 0 spiro atoms. The summed E-state index contributed by atoms with van der Waals surface area (Å²) >= 11 is 0. The molecule has 0 aromatic heterocycles. The second-order valence-electron chi connectivity index (χ2n) is 10.6. The Morgan fingerprint density at radius 2 is 1.22 bits per heavy atom. The van der Waals surface area contributed by atoms with Crippen LogP contribution in [-0.2, 0) is 45.5 Å². The highest BCUT2D eigenvalue weighted by atomic mass is 31.2. The molecule has 2 rings (SSSR count). The van der Waals surface area contributed by atoms with E-state index in [1.807, 2.05) is 54.5 Å². The molecule has 1 aromatic rings. The normalized spacial score (nSPS) is 14.5. The molecule has 0 heterocycles. The predicted molar refractivity (Wildman–Crippen MR) is 152 cm³/mol. The zero-order chi connectivity index (χ0) is 27.7. The highest BCUT2D eigenvalue weighted by Crippen LogP contribution is 2.74. The van der Waals surface area contributed by atoms with Crippen molar-refractivity contribution in [2.45, 2.75) is 105 Å². The topological polar surface area (TPSA) is 91.3 Å². The highest BCUT2D eigenvalue weighted by Gasteiger charge is 2.46. The maximum absolute atomic E-state index is 14.4. The Morgan fingerprint density at radius 3 is 1.59 bits per heavy atom. The van der Waals surface area contributed by atoms with Crippen molar-refractivity contribution < 1.29 is 32.3 Å². The van der Waals surface area contributed by atoms with Crippen LogP contribution >= 0.6 is 15.2 Å². The molecule has 1 aliphatic rings. The van der Waals surface area contributed by atoms with Crippen LogP contribution in [0.1, 0.15) is 109 Å². The van der Waals surface area contributed by atoms with E-state index in [2.05, 4.69) is 0 Å². The van der Waals surface area contributed by atoms with Crippen molar-refractivity contribution in [1.82, 2.24) is 0 Å². The monoisotopic (exact) mass is 558 g/mol. The van der Waals surface area contributed by atoms with E-state index in [1.54, 1.807) is 6.08 Å². The summed E-state index contributed by atoms with van der Waals surface area (Å²) in [5.74, 6) is 0.321. The fourth-order valence-electron chi connectivity index (χ4n) is 4.29. The molecule has 0 radical (unpaired) electrons. The van der Waals surface area contributed by atoms with Gasteiger partial charge in [0.2, 0.25) is 0 Å². The molecule has 0 atom stereocenters. The van der Waals surface area contributed by atoms with Gasteiger partial charge in [-0.3, -0.25) is 9.13 Å². The van der Waals surface area contributed by atoms with E-state index < -0.39 is 15.2 Å². The average molecular weight is 559 g/mol. The van der Waals surface area contributed by atoms with Gasteiger partial charge in [-0.25, -0.2) is 0 Å². The lowest BCUT2D eigenvalue weighted by Gasteiger charge is -2.29. The van der Waals surface area contributed by atoms with Crippen LogP contribution in [-0.4, -0.2) is 31.5 Å². The first-order chi connectivity index (χ1) is 17.5. The van der Waals surface area contributed by atoms with Gasteiger partial charge in [-0.05, 0) is 85.6 Å². The Bertz CT molecular complexity index is 951. The average Bonchev–Trinajstić information content (AvgIpc) is 2.87. The van der Waals surface area contributed by atoms with E-state index in [1.165, 1.54) is 0 Å². The summed E-state index contributed by atoms with van der Waals surface area (Å²) in [5, 5.41) is 11.1. The van der Waals surface area contributed by atoms with Crippen LogP contribution < -0.4 is 0 Å². The maximum Gasteiger partial charge on any atom is 0.369 e. The highest BCUT2D eigenvalue weighted by molar-refractivity contribution is 7.79. The Balaban J connectivity index is 2.91. The first-order valence-electron chi connectivity index (χ1n) is 13.9. The number of fused-ring (bicyclic) bond motifs is 1. The Hall–Kier alpha value is -0.940. The van der Waals surface area contributed by atoms with E-state index in [0.717, 1.165) is 47.9 Å². The Kier molecular flexibility index (Phi) is 12.6. The molecule has 7 nitrogen and oxygen atoms in total. The minimum Gasteiger partial charge on any atom is -0.507 e. The fraction of sp³-hybridized carbons (Fsp3) is 0.714. The number of rotatable bonds is 15. The van der Waals surface area contributed by atoms with Crippen molar-refractivity contribution in [2.24, 2.45) is 0 Å². The Morgan fingerprint density at radius 1 is 0.811 bits per heavy atom. The van der Waals surface area contributed by atoms with E-state index in [4.69, 9.17) is 18.1 Å². The molecular weight excluding hydrogens is 510 g/mol. The third kappa shape index (κ3) is 8.27. The summed E-state index contributed by atoms with van der Waals surface area (Å²) in [6.07, 6.45) is 7.61. The van der Waals surface area contributed by atoms with Crippen LogP contribution in [0.15, 0.2) is 11.1 Å². The van der Waals surface area contributed by atoms with Gasteiger partial charge < -0.3 is 23.2 Å². The van der Waals surface area contributed by atoms with Crippen molar-refractivity contribution in [3.05, 3.63) is 33.4 Å². The van der Waals surface area contributed by atoms with Gasteiger partial charge in [0.15, 0.2) is 5.06 Å². The van der Waals surface area contributed by atoms with E-state index in [-0.39, 0.29) is 36.9 Å². The number of hydrogen-bond acceptors (Lipinski definition) is 7. The summed E-state index contributed by atoms with van der Waals surface area (Å²) < 4.78 is 52.3. The summed E-state index contributed by atoms with van der Waals surface area (Å²) in [6, 6.07) is 1.92. The van der Waals surface area contributed by atoms with Gasteiger partial charge in [0.25, 0.3) is 0 Å². The fourth-order valence-corrected chi connectivity index (χ4v) is 9.15. The zero-order valence-electron chi connectivity index (χ0n) is 23.9. The van der Waals surface area contributed by atoms with Crippen LogP contribution in [0.25, 0.3) is 6.08 Å². The first-order valence-corrected chi connectivity index (χ1v) is 16.9. The number of aromatic hydroxyl groups is 1.